The number of nitrogens with zero attached hydrogens (tertiary/aromatic N) is 1. The van der Waals surface area contributed by atoms with E-state index in [1.807, 2.05) is 14.0 Å². The van der Waals surface area contributed by atoms with Crippen LogP contribution in [-0.2, 0) is 6.42 Å². The number of hydrogen-bond donors (Lipinski definition) is 1. The van der Waals surface area contributed by atoms with Crippen molar-refractivity contribution in [2.75, 3.05) is 7.05 Å². The fourth-order valence-corrected chi connectivity index (χ4v) is 1.82. The molecule has 3 heteroatoms. The Morgan fingerprint density at radius 3 is 3.17 bits per heavy atom. The monoisotopic (exact) mass is 166 g/mol. The Morgan fingerprint density at radius 1 is 1.58 bits per heavy atom. The minimum Gasteiger partial charge on any atom is -0.446 e. The molecule has 66 valence electrons. The van der Waals surface area contributed by atoms with Crippen molar-refractivity contribution >= 4 is 0 Å². The van der Waals surface area contributed by atoms with E-state index in [4.69, 9.17) is 4.42 Å². The van der Waals surface area contributed by atoms with E-state index in [-0.39, 0.29) is 0 Å². The first-order valence-corrected chi connectivity index (χ1v) is 4.44. The van der Waals surface area contributed by atoms with Crippen molar-refractivity contribution < 1.29 is 4.42 Å². The number of hydrogen-bond acceptors (Lipinski definition) is 3. The Balaban J connectivity index is 2.36. The number of fused-ring (bicyclic) bond motifs is 1. The summed E-state index contributed by atoms with van der Waals surface area (Å²) in [7, 11) is 1.98. The lowest BCUT2D eigenvalue weighted by Gasteiger charge is -2.18. The summed E-state index contributed by atoms with van der Waals surface area (Å²) < 4.78 is 5.49. The highest BCUT2D eigenvalue weighted by molar-refractivity contribution is 5.17. The molecule has 1 N–H and O–H groups in total. The summed E-state index contributed by atoms with van der Waals surface area (Å²) in [6.45, 7) is 1.91. The lowest BCUT2D eigenvalue weighted by atomic mass is 9.97. The van der Waals surface area contributed by atoms with Crippen molar-refractivity contribution in [3.05, 3.63) is 17.3 Å². The number of nitrogens with one attached hydrogen (secondary N) is 1. The van der Waals surface area contributed by atoms with Gasteiger partial charge in [0.1, 0.15) is 5.76 Å². The molecule has 1 aliphatic carbocycles. The third kappa shape index (κ3) is 1.14. The van der Waals surface area contributed by atoms with Crippen LogP contribution in [0.4, 0.5) is 0 Å². The first-order chi connectivity index (χ1) is 5.81. The van der Waals surface area contributed by atoms with Crippen LogP contribution in [0.25, 0.3) is 0 Å². The molecule has 1 aromatic rings. The molecule has 0 bridgehead atoms. The molecule has 3 nitrogen and oxygen atoms in total. The first-order valence-electron chi connectivity index (χ1n) is 4.44. The molecule has 1 atom stereocenters. The summed E-state index contributed by atoms with van der Waals surface area (Å²) in [5, 5.41) is 3.25. The van der Waals surface area contributed by atoms with Crippen molar-refractivity contribution in [2.45, 2.75) is 32.2 Å². The Kier molecular flexibility index (Phi) is 1.89. The van der Waals surface area contributed by atoms with Gasteiger partial charge in [-0.25, -0.2) is 4.98 Å². The molecule has 1 aliphatic rings. The number of aromatic nitrogens is 1. The van der Waals surface area contributed by atoms with Crippen molar-refractivity contribution in [2.24, 2.45) is 0 Å². The fraction of sp³-hybridized carbons (Fsp3) is 0.667. The molecular weight excluding hydrogens is 152 g/mol. The Morgan fingerprint density at radius 2 is 2.42 bits per heavy atom. The predicted molar refractivity (Wildman–Crippen MR) is 46.0 cm³/mol. The van der Waals surface area contributed by atoms with Gasteiger partial charge in [0.2, 0.25) is 0 Å². The molecule has 2 rings (SSSR count). The van der Waals surface area contributed by atoms with E-state index in [0.717, 1.165) is 23.8 Å². The largest absolute Gasteiger partial charge is 0.446 e. The zero-order valence-corrected chi connectivity index (χ0v) is 7.55. The SMILES string of the molecule is CNC1CCCc2oc(C)nc21. The third-order valence-electron chi connectivity index (χ3n) is 2.41. The Bertz CT molecular complexity index is 280. The highest BCUT2D eigenvalue weighted by Crippen LogP contribution is 2.28. The van der Waals surface area contributed by atoms with Crippen molar-refractivity contribution in [1.29, 1.82) is 0 Å². The summed E-state index contributed by atoms with van der Waals surface area (Å²) in [5.74, 6) is 1.88. The van der Waals surface area contributed by atoms with Gasteiger partial charge in [-0.1, -0.05) is 0 Å². The molecule has 0 spiro atoms. The maximum atomic E-state index is 5.49. The molecule has 1 unspecified atom stereocenters. The number of oxazole rings is 1. The van der Waals surface area contributed by atoms with Crippen LogP contribution < -0.4 is 5.32 Å². The lowest BCUT2D eigenvalue weighted by Crippen LogP contribution is -2.21. The Labute approximate surface area is 72.2 Å². The maximum absolute atomic E-state index is 5.49. The zero-order valence-electron chi connectivity index (χ0n) is 7.55. The zero-order chi connectivity index (χ0) is 8.55. The van der Waals surface area contributed by atoms with Crippen LogP contribution in [0.2, 0.25) is 0 Å². The van der Waals surface area contributed by atoms with Gasteiger partial charge in [0.05, 0.1) is 11.7 Å². The van der Waals surface area contributed by atoms with Gasteiger partial charge in [-0.15, -0.1) is 0 Å². The van der Waals surface area contributed by atoms with Crippen LogP contribution in [0.1, 0.15) is 36.2 Å². The molecule has 0 fully saturated rings. The summed E-state index contributed by atoms with van der Waals surface area (Å²) >= 11 is 0. The number of rotatable bonds is 1. The van der Waals surface area contributed by atoms with Gasteiger partial charge < -0.3 is 9.73 Å². The third-order valence-corrected chi connectivity index (χ3v) is 2.41. The molecule has 0 radical (unpaired) electrons. The van der Waals surface area contributed by atoms with E-state index in [1.165, 1.54) is 12.8 Å². The van der Waals surface area contributed by atoms with E-state index in [1.54, 1.807) is 0 Å². The van der Waals surface area contributed by atoms with Gasteiger partial charge >= 0.3 is 0 Å². The average molecular weight is 166 g/mol. The van der Waals surface area contributed by atoms with Gasteiger partial charge in [0, 0.05) is 13.3 Å². The summed E-state index contributed by atoms with van der Waals surface area (Å²) in [5.41, 5.74) is 1.13. The van der Waals surface area contributed by atoms with Gasteiger partial charge in [0.25, 0.3) is 0 Å². The molecule has 0 saturated heterocycles. The highest BCUT2D eigenvalue weighted by atomic mass is 16.4. The van der Waals surface area contributed by atoms with E-state index in [2.05, 4.69) is 10.3 Å². The Hall–Kier alpha value is -0.830. The van der Waals surface area contributed by atoms with Gasteiger partial charge in [-0.2, -0.15) is 0 Å². The van der Waals surface area contributed by atoms with Crippen LogP contribution in [-0.4, -0.2) is 12.0 Å². The molecule has 12 heavy (non-hydrogen) atoms. The average Bonchev–Trinajstić information content (AvgIpc) is 2.44. The molecule has 0 saturated carbocycles. The highest BCUT2D eigenvalue weighted by Gasteiger charge is 2.23. The van der Waals surface area contributed by atoms with Crippen molar-refractivity contribution in [3.63, 3.8) is 0 Å². The van der Waals surface area contributed by atoms with E-state index < -0.39 is 0 Å². The van der Waals surface area contributed by atoms with E-state index in [9.17, 15) is 0 Å². The predicted octanol–water partition coefficient (Wildman–Crippen LogP) is 1.58. The first kappa shape index (κ1) is 7.80. The summed E-state index contributed by atoms with van der Waals surface area (Å²) in [4.78, 5) is 4.37. The molecule has 0 amide bonds. The maximum Gasteiger partial charge on any atom is 0.191 e. The van der Waals surface area contributed by atoms with Gasteiger partial charge in [-0.05, 0) is 19.9 Å². The quantitative estimate of drug-likeness (QED) is 0.688. The second-order valence-corrected chi connectivity index (χ2v) is 3.27. The van der Waals surface area contributed by atoms with Crippen molar-refractivity contribution in [1.82, 2.24) is 10.3 Å². The molecule has 1 heterocycles. The normalized spacial score (nSPS) is 22.3. The number of aryl methyl sites for hydroxylation is 2. The molecule has 0 aliphatic heterocycles. The summed E-state index contributed by atoms with van der Waals surface area (Å²) in [6, 6.07) is 0.409. The second-order valence-electron chi connectivity index (χ2n) is 3.27. The summed E-state index contributed by atoms with van der Waals surface area (Å²) in [6.07, 6.45) is 3.43. The van der Waals surface area contributed by atoms with Crippen LogP contribution >= 0.6 is 0 Å². The molecular formula is C9H14N2O. The topological polar surface area (TPSA) is 38.1 Å². The van der Waals surface area contributed by atoms with Gasteiger partial charge in [0.15, 0.2) is 5.89 Å². The minimum atomic E-state index is 0.409. The minimum absolute atomic E-state index is 0.409. The van der Waals surface area contributed by atoms with E-state index in [0.29, 0.717) is 6.04 Å². The van der Waals surface area contributed by atoms with Crippen LogP contribution in [0.5, 0.6) is 0 Å². The molecule has 1 aromatic heterocycles. The molecule has 0 aromatic carbocycles. The van der Waals surface area contributed by atoms with Crippen LogP contribution in [0, 0.1) is 6.92 Å². The fourth-order valence-electron chi connectivity index (χ4n) is 1.82. The van der Waals surface area contributed by atoms with Crippen LogP contribution in [0.15, 0.2) is 4.42 Å². The van der Waals surface area contributed by atoms with Crippen LogP contribution in [0.3, 0.4) is 0 Å². The van der Waals surface area contributed by atoms with Crippen molar-refractivity contribution in [3.8, 4) is 0 Å². The standard InChI is InChI=1S/C9H14N2O/c1-6-11-9-7(10-2)4-3-5-8(9)12-6/h7,10H,3-5H2,1-2H3. The lowest BCUT2D eigenvalue weighted by molar-refractivity contribution is 0.418. The van der Waals surface area contributed by atoms with E-state index >= 15 is 0 Å². The van der Waals surface area contributed by atoms with Gasteiger partial charge in [-0.3, -0.25) is 0 Å². The smallest absolute Gasteiger partial charge is 0.191 e. The second kappa shape index (κ2) is 2.90.